The molecule has 0 amide bonds. The zero-order valence-corrected chi connectivity index (χ0v) is 6.15. The van der Waals surface area contributed by atoms with E-state index in [1.165, 1.54) is 12.1 Å². The minimum absolute atomic E-state index is 0.228. The van der Waals surface area contributed by atoms with Crippen LogP contribution in [0.2, 0.25) is 0 Å². The van der Waals surface area contributed by atoms with E-state index < -0.39 is 12.2 Å². The summed E-state index contributed by atoms with van der Waals surface area (Å²) in [5.41, 5.74) is -0.228. The molecule has 0 saturated carbocycles. The summed E-state index contributed by atoms with van der Waals surface area (Å²) >= 11 is 0. The van der Waals surface area contributed by atoms with Crippen molar-refractivity contribution in [2.45, 2.75) is 18.6 Å². The normalized spacial score (nSPS) is 24.5. The standard InChI is InChI=1S/C7H7F3N2/c8-7(9,10)6-5(4-11)2-1-3-12-6/h2,6,12H,1,3H2. The highest BCUT2D eigenvalue weighted by atomic mass is 19.4. The molecule has 0 spiro atoms. The molecule has 0 aromatic carbocycles. The third-order valence-electron chi connectivity index (χ3n) is 1.62. The van der Waals surface area contributed by atoms with Gasteiger partial charge in [-0.1, -0.05) is 6.08 Å². The van der Waals surface area contributed by atoms with Gasteiger partial charge < -0.3 is 5.32 Å². The fraction of sp³-hybridized carbons (Fsp3) is 0.571. The third-order valence-corrected chi connectivity index (χ3v) is 1.62. The molecule has 5 heteroatoms. The minimum atomic E-state index is -4.36. The number of halogens is 3. The van der Waals surface area contributed by atoms with Crippen LogP contribution in [0.15, 0.2) is 11.6 Å². The molecule has 66 valence electrons. The number of nitrogens with zero attached hydrogens (tertiary/aromatic N) is 1. The molecule has 1 heterocycles. The predicted molar refractivity (Wildman–Crippen MR) is 36.2 cm³/mol. The van der Waals surface area contributed by atoms with Gasteiger partial charge in [0.05, 0.1) is 11.6 Å². The largest absolute Gasteiger partial charge is 0.408 e. The number of rotatable bonds is 0. The Labute approximate surface area is 67.7 Å². The second kappa shape index (κ2) is 3.15. The van der Waals surface area contributed by atoms with Gasteiger partial charge in [-0.2, -0.15) is 18.4 Å². The molecule has 1 aliphatic rings. The first-order chi connectivity index (χ1) is 5.55. The third kappa shape index (κ3) is 1.77. The van der Waals surface area contributed by atoms with E-state index in [2.05, 4.69) is 5.32 Å². The number of nitrogens with one attached hydrogen (secondary N) is 1. The molecule has 0 saturated heterocycles. The lowest BCUT2D eigenvalue weighted by Crippen LogP contribution is -2.45. The average molecular weight is 176 g/mol. The summed E-state index contributed by atoms with van der Waals surface area (Å²) in [6, 6.07) is -0.228. The number of hydrogen-bond acceptors (Lipinski definition) is 2. The lowest BCUT2D eigenvalue weighted by atomic mass is 10.0. The van der Waals surface area contributed by atoms with Gasteiger partial charge in [-0.15, -0.1) is 0 Å². The van der Waals surface area contributed by atoms with Gasteiger partial charge >= 0.3 is 6.18 Å². The molecule has 1 atom stereocenters. The lowest BCUT2D eigenvalue weighted by Gasteiger charge is -2.23. The molecule has 1 rings (SSSR count). The Morgan fingerprint density at radius 3 is 2.67 bits per heavy atom. The van der Waals surface area contributed by atoms with Gasteiger partial charge in [-0.05, 0) is 13.0 Å². The monoisotopic (exact) mass is 176 g/mol. The van der Waals surface area contributed by atoms with Crippen LogP contribution < -0.4 is 5.32 Å². The van der Waals surface area contributed by atoms with Crippen LogP contribution >= 0.6 is 0 Å². The van der Waals surface area contributed by atoms with Crippen molar-refractivity contribution in [1.82, 2.24) is 5.32 Å². The van der Waals surface area contributed by atoms with Crippen LogP contribution in [0.5, 0.6) is 0 Å². The van der Waals surface area contributed by atoms with Crippen molar-refractivity contribution in [3.63, 3.8) is 0 Å². The average Bonchev–Trinajstić information content (AvgIpc) is 2.03. The van der Waals surface area contributed by atoms with Crippen molar-refractivity contribution in [2.24, 2.45) is 0 Å². The van der Waals surface area contributed by atoms with E-state index in [1.807, 2.05) is 0 Å². The van der Waals surface area contributed by atoms with Crippen molar-refractivity contribution in [1.29, 1.82) is 5.26 Å². The summed E-state index contributed by atoms with van der Waals surface area (Å²) in [5, 5.41) is 10.6. The highest BCUT2D eigenvalue weighted by molar-refractivity contribution is 5.30. The van der Waals surface area contributed by atoms with Crippen molar-refractivity contribution in [2.75, 3.05) is 6.54 Å². The van der Waals surface area contributed by atoms with Gasteiger partial charge in [0.25, 0.3) is 0 Å². The molecule has 0 aromatic heterocycles. The van der Waals surface area contributed by atoms with E-state index in [0.717, 1.165) is 0 Å². The second-order valence-electron chi connectivity index (χ2n) is 2.49. The zero-order valence-electron chi connectivity index (χ0n) is 6.15. The maximum absolute atomic E-state index is 12.1. The number of nitriles is 1. The molecule has 0 radical (unpaired) electrons. The molecule has 0 bridgehead atoms. The highest BCUT2D eigenvalue weighted by Gasteiger charge is 2.42. The molecule has 12 heavy (non-hydrogen) atoms. The Hall–Kier alpha value is -1.02. The van der Waals surface area contributed by atoms with Gasteiger partial charge in [0.2, 0.25) is 0 Å². The van der Waals surface area contributed by atoms with Gasteiger partial charge in [-0.25, -0.2) is 0 Å². The second-order valence-corrected chi connectivity index (χ2v) is 2.49. The topological polar surface area (TPSA) is 35.8 Å². The first-order valence-corrected chi connectivity index (χ1v) is 3.46. The molecule has 1 N–H and O–H groups in total. The SMILES string of the molecule is N#CC1=CCCNC1C(F)(F)F. The summed E-state index contributed by atoms with van der Waals surface area (Å²) in [4.78, 5) is 0. The maximum atomic E-state index is 12.1. The maximum Gasteiger partial charge on any atom is 0.408 e. The Bertz CT molecular complexity index is 236. The fourth-order valence-corrected chi connectivity index (χ4v) is 1.09. The molecular formula is C7H7F3N2. The van der Waals surface area contributed by atoms with Crippen molar-refractivity contribution < 1.29 is 13.2 Å². The highest BCUT2D eigenvalue weighted by Crippen LogP contribution is 2.26. The van der Waals surface area contributed by atoms with Gasteiger partial charge in [0.15, 0.2) is 0 Å². The Kier molecular flexibility index (Phi) is 2.38. The summed E-state index contributed by atoms with van der Waals surface area (Å²) in [7, 11) is 0. The molecule has 1 aliphatic heterocycles. The van der Waals surface area contributed by atoms with E-state index in [9.17, 15) is 13.2 Å². The molecule has 2 nitrogen and oxygen atoms in total. The fourth-order valence-electron chi connectivity index (χ4n) is 1.09. The smallest absolute Gasteiger partial charge is 0.302 e. The van der Waals surface area contributed by atoms with Crippen LogP contribution in [0.1, 0.15) is 6.42 Å². The first-order valence-electron chi connectivity index (χ1n) is 3.46. The molecule has 1 unspecified atom stereocenters. The number of alkyl halides is 3. The molecule has 0 aliphatic carbocycles. The van der Waals surface area contributed by atoms with E-state index in [4.69, 9.17) is 5.26 Å². The van der Waals surface area contributed by atoms with Gasteiger partial charge in [0, 0.05) is 0 Å². The van der Waals surface area contributed by atoms with Crippen molar-refractivity contribution in [3.8, 4) is 6.07 Å². The summed E-state index contributed by atoms with van der Waals surface area (Å²) < 4.78 is 36.4. The van der Waals surface area contributed by atoms with E-state index in [-0.39, 0.29) is 12.1 Å². The lowest BCUT2D eigenvalue weighted by molar-refractivity contribution is -0.146. The van der Waals surface area contributed by atoms with E-state index in [0.29, 0.717) is 6.42 Å². The van der Waals surface area contributed by atoms with Crippen LogP contribution in [-0.2, 0) is 0 Å². The van der Waals surface area contributed by atoms with Crippen LogP contribution in [-0.4, -0.2) is 18.8 Å². The van der Waals surface area contributed by atoms with E-state index >= 15 is 0 Å². The van der Waals surface area contributed by atoms with Crippen LogP contribution in [0.4, 0.5) is 13.2 Å². The number of hydrogen-bond donors (Lipinski definition) is 1. The Morgan fingerprint density at radius 1 is 1.58 bits per heavy atom. The van der Waals surface area contributed by atoms with Crippen LogP contribution in [0, 0.1) is 11.3 Å². The quantitative estimate of drug-likeness (QED) is 0.604. The molecular weight excluding hydrogens is 169 g/mol. The summed E-state index contributed by atoms with van der Waals surface area (Å²) in [6.45, 7) is 0.273. The Balaban J connectivity index is 2.84. The first kappa shape index (κ1) is 9.07. The van der Waals surface area contributed by atoms with Crippen LogP contribution in [0.25, 0.3) is 0 Å². The Morgan fingerprint density at radius 2 is 2.25 bits per heavy atom. The summed E-state index contributed by atoms with van der Waals surface area (Å²) in [5.74, 6) is 0. The zero-order chi connectivity index (χ0) is 9.19. The van der Waals surface area contributed by atoms with Crippen LogP contribution in [0.3, 0.4) is 0 Å². The molecule has 0 fully saturated rings. The van der Waals surface area contributed by atoms with Crippen molar-refractivity contribution in [3.05, 3.63) is 11.6 Å². The molecule has 0 aromatic rings. The minimum Gasteiger partial charge on any atom is -0.302 e. The van der Waals surface area contributed by atoms with Crippen molar-refractivity contribution >= 4 is 0 Å². The van der Waals surface area contributed by atoms with E-state index in [1.54, 1.807) is 0 Å². The van der Waals surface area contributed by atoms with Gasteiger partial charge in [0.1, 0.15) is 6.04 Å². The summed E-state index contributed by atoms with van der Waals surface area (Å²) in [6.07, 6.45) is -2.55. The predicted octanol–water partition coefficient (Wildman–Crippen LogP) is 1.36. The van der Waals surface area contributed by atoms with Gasteiger partial charge in [-0.3, -0.25) is 0 Å².